The molecule has 2 aliphatic rings. The van der Waals surface area contributed by atoms with Gasteiger partial charge in [0.25, 0.3) is 0 Å². The van der Waals surface area contributed by atoms with E-state index in [-0.39, 0.29) is 37.6 Å². The molecule has 1 aromatic heterocycles. The number of rotatable bonds is 8. The van der Waals surface area contributed by atoms with Crippen molar-refractivity contribution in [3.05, 3.63) is 81.5 Å². The number of carbonyl (C=O) groups excluding carboxylic acids is 2. The summed E-state index contributed by atoms with van der Waals surface area (Å²) in [4.78, 5) is 30.4. The Hall–Kier alpha value is -3.32. The molecule has 3 aromatic rings. The molecular weight excluding hydrogens is 472 g/mol. The summed E-state index contributed by atoms with van der Waals surface area (Å²) in [6.07, 6.45) is 5.68. The summed E-state index contributed by atoms with van der Waals surface area (Å²) >= 11 is 1.55. The van der Waals surface area contributed by atoms with Gasteiger partial charge in [0.2, 0.25) is 18.6 Å². The van der Waals surface area contributed by atoms with Crippen molar-refractivity contribution in [2.45, 2.75) is 64.1 Å². The van der Waals surface area contributed by atoms with Crippen molar-refractivity contribution in [3.63, 3.8) is 0 Å². The first-order valence-electron chi connectivity index (χ1n) is 12.6. The van der Waals surface area contributed by atoms with Crippen LogP contribution in [-0.2, 0) is 22.6 Å². The summed E-state index contributed by atoms with van der Waals surface area (Å²) in [6.45, 7) is 2.50. The highest BCUT2D eigenvalue weighted by molar-refractivity contribution is 7.10. The molecule has 1 saturated carbocycles. The smallest absolute Gasteiger partial charge is 0.247 e. The Kier molecular flexibility index (Phi) is 7.56. The summed E-state index contributed by atoms with van der Waals surface area (Å²) in [5, 5.41) is 5.25. The van der Waals surface area contributed by atoms with Crippen LogP contribution in [0.5, 0.6) is 11.5 Å². The zero-order valence-electron chi connectivity index (χ0n) is 20.6. The first-order valence-corrected chi connectivity index (χ1v) is 13.5. The summed E-state index contributed by atoms with van der Waals surface area (Å²) in [5.74, 6) is 1.16. The standard InChI is InChI=1S/C29H32N2O4S/c1-20-9-12-22(13-10-20)28(29(33)30-23-6-3-2-4-7-23)31(27(32)17-24-8-5-15-36-24)18-21-11-14-25-26(16-21)35-19-34-25/h5,8-16,23,28H,2-4,6-7,17-19H2,1H3,(H,30,33). The van der Waals surface area contributed by atoms with E-state index >= 15 is 0 Å². The van der Waals surface area contributed by atoms with Gasteiger partial charge in [-0.15, -0.1) is 11.3 Å². The maximum Gasteiger partial charge on any atom is 0.247 e. The molecule has 188 valence electrons. The number of benzene rings is 2. The van der Waals surface area contributed by atoms with Gasteiger partial charge in [-0.1, -0.05) is 61.2 Å². The third-order valence-electron chi connectivity index (χ3n) is 6.92. The molecule has 6 nitrogen and oxygen atoms in total. The van der Waals surface area contributed by atoms with E-state index in [1.54, 1.807) is 16.2 Å². The average Bonchev–Trinajstić information content (AvgIpc) is 3.57. The van der Waals surface area contributed by atoms with Gasteiger partial charge in [-0.3, -0.25) is 9.59 Å². The van der Waals surface area contributed by atoms with E-state index in [1.807, 2.05) is 66.9 Å². The summed E-state index contributed by atoms with van der Waals surface area (Å²) < 4.78 is 11.0. The second kappa shape index (κ2) is 11.2. The molecule has 1 fully saturated rings. The number of hydrogen-bond acceptors (Lipinski definition) is 5. The van der Waals surface area contributed by atoms with Crippen LogP contribution < -0.4 is 14.8 Å². The fourth-order valence-electron chi connectivity index (χ4n) is 4.97. The zero-order chi connectivity index (χ0) is 24.9. The van der Waals surface area contributed by atoms with Crippen molar-refractivity contribution in [1.82, 2.24) is 10.2 Å². The van der Waals surface area contributed by atoms with Crippen molar-refractivity contribution >= 4 is 23.2 Å². The second-order valence-electron chi connectivity index (χ2n) is 9.62. The van der Waals surface area contributed by atoms with E-state index < -0.39 is 6.04 Å². The van der Waals surface area contributed by atoms with Gasteiger partial charge >= 0.3 is 0 Å². The van der Waals surface area contributed by atoms with Crippen LogP contribution in [0.15, 0.2) is 60.0 Å². The van der Waals surface area contributed by atoms with Gasteiger partial charge in [0.05, 0.1) is 6.42 Å². The molecule has 1 atom stereocenters. The first kappa shape index (κ1) is 24.4. The van der Waals surface area contributed by atoms with Gasteiger partial charge < -0.3 is 19.7 Å². The van der Waals surface area contributed by atoms with Crippen LogP contribution in [0.25, 0.3) is 0 Å². The third-order valence-corrected chi connectivity index (χ3v) is 7.80. The molecule has 1 aliphatic heterocycles. The minimum absolute atomic E-state index is 0.0838. The van der Waals surface area contributed by atoms with Crippen molar-refractivity contribution in [1.29, 1.82) is 0 Å². The minimum atomic E-state index is -0.731. The third kappa shape index (κ3) is 5.73. The van der Waals surface area contributed by atoms with Crippen LogP contribution in [0.2, 0.25) is 0 Å². The lowest BCUT2D eigenvalue weighted by Crippen LogP contribution is -2.47. The Bertz CT molecular complexity index is 1190. The number of nitrogens with one attached hydrogen (secondary N) is 1. The van der Waals surface area contributed by atoms with Crippen molar-refractivity contribution < 1.29 is 19.1 Å². The molecular formula is C29H32N2O4S. The van der Waals surface area contributed by atoms with E-state index in [2.05, 4.69) is 5.32 Å². The molecule has 2 heterocycles. The highest BCUT2D eigenvalue weighted by Gasteiger charge is 2.33. The zero-order valence-corrected chi connectivity index (χ0v) is 21.4. The normalized spacial score (nSPS) is 15.9. The number of ether oxygens (including phenoxy) is 2. The van der Waals surface area contributed by atoms with Crippen molar-refractivity contribution in [2.24, 2.45) is 0 Å². The van der Waals surface area contributed by atoms with Crippen LogP contribution in [0, 0.1) is 6.92 Å². The molecule has 0 bridgehead atoms. The number of aryl methyl sites for hydroxylation is 1. The predicted molar refractivity (Wildman–Crippen MR) is 140 cm³/mol. The number of carbonyl (C=O) groups is 2. The monoisotopic (exact) mass is 504 g/mol. The molecule has 1 N–H and O–H groups in total. The van der Waals surface area contributed by atoms with Crippen LogP contribution in [0.1, 0.15) is 59.7 Å². The minimum Gasteiger partial charge on any atom is -0.454 e. The molecule has 2 aromatic carbocycles. The maximum atomic E-state index is 13.9. The molecule has 0 radical (unpaired) electrons. The lowest BCUT2D eigenvalue weighted by molar-refractivity contribution is -0.141. The topological polar surface area (TPSA) is 67.9 Å². The van der Waals surface area contributed by atoms with Crippen LogP contribution >= 0.6 is 11.3 Å². The van der Waals surface area contributed by atoms with Gasteiger partial charge in [0.15, 0.2) is 11.5 Å². The van der Waals surface area contributed by atoms with Crippen LogP contribution in [0.4, 0.5) is 0 Å². The number of amides is 2. The fraction of sp³-hybridized carbons (Fsp3) is 0.379. The fourth-order valence-corrected chi connectivity index (χ4v) is 5.67. The molecule has 2 amide bonds. The first-order chi connectivity index (χ1) is 17.6. The SMILES string of the molecule is Cc1ccc(C(C(=O)NC2CCCCC2)N(Cc2ccc3c(c2)OCO3)C(=O)Cc2cccs2)cc1. The maximum absolute atomic E-state index is 13.9. The number of fused-ring (bicyclic) bond motifs is 1. The quantitative estimate of drug-likeness (QED) is 0.437. The van der Waals surface area contributed by atoms with E-state index in [0.29, 0.717) is 11.5 Å². The average molecular weight is 505 g/mol. The Morgan fingerprint density at radius 3 is 2.56 bits per heavy atom. The van der Waals surface area contributed by atoms with E-state index in [9.17, 15) is 9.59 Å². The lowest BCUT2D eigenvalue weighted by atomic mass is 9.94. The van der Waals surface area contributed by atoms with Gasteiger partial charge in [-0.2, -0.15) is 0 Å². The Balaban J connectivity index is 1.49. The van der Waals surface area contributed by atoms with Gasteiger partial charge in [-0.05, 0) is 54.5 Å². The summed E-state index contributed by atoms with van der Waals surface area (Å²) in [7, 11) is 0. The van der Waals surface area contributed by atoms with Gasteiger partial charge in [-0.25, -0.2) is 0 Å². The highest BCUT2D eigenvalue weighted by atomic mass is 32.1. The van der Waals surface area contributed by atoms with E-state index in [1.165, 1.54) is 6.42 Å². The van der Waals surface area contributed by atoms with Crippen molar-refractivity contribution in [2.75, 3.05) is 6.79 Å². The number of nitrogens with zero attached hydrogens (tertiary/aromatic N) is 1. The summed E-state index contributed by atoms with van der Waals surface area (Å²) in [6, 6.07) is 17.0. The molecule has 1 unspecified atom stereocenters. The summed E-state index contributed by atoms with van der Waals surface area (Å²) in [5.41, 5.74) is 2.81. The van der Waals surface area contributed by atoms with Crippen LogP contribution in [0.3, 0.4) is 0 Å². The molecule has 7 heteroatoms. The van der Waals surface area contributed by atoms with Gasteiger partial charge in [0, 0.05) is 17.5 Å². The van der Waals surface area contributed by atoms with E-state index in [0.717, 1.165) is 47.3 Å². The molecule has 36 heavy (non-hydrogen) atoms. The number of thiophene rings is 1. The number of hydrogen-bond donors (Lipinski definition) is 1. The molecule has 5 rings (SSSR count). The Morgan fingerprint density at radius 2 is 1.81 bits per heavy atom. The molecule has 1 aliphatic carbocycles. The second-order valence-corrected chi connectivity index (χ2v) is 10.7. The van der Waals surface area contributed by atoms with Crippen molar-refractivity contribution in [3.8, 4) is 11.5 Å². The molecule has 0 spiro atoms. The van der Waals surface area contributed by atoms with Crippen LogP contribution in [-0.4, -0.2) is 29.5 Å². The largest absolute Gasteiger partial charge is 0.454 e. The Labute approximate surface area is 216 Å². The Morgan fingerprint density at radius 1 is 1.03 bits per heavy atom. The van der Waals surface area contributed by atoms with E-state index in [4.69, 9.17) is 9.47 Å². The van der Waals surface area contributed by atoms with Gasteiger partial charge in [0.1, 0.15) is 6.04 Å². The highest BCUT2D eigenvalue weighted by Crippen LogP contribution is 2.34. The lowest BCUT2D eigenvalue weighted by Gasteiger charge is -2.33. The predicted octanol–water partition coefficient (Wildman–Crippen LogP) is 5.55. The molecule has 0 saturated heterocycles.